The number of carbonyl (C=O) groups excluding carboxylic acids is 2. The van der Waals surface area contributed by atoms with Crippen LogP contribution in [0.4, 0.5) is 5.69 Å². The molecule has 0 saturated carbocycles. The van der Waals surface area contributed by atoms with Crippen molar-refractivity contribution in [1.29, 1.82) is 0 Å². The highest BCUT2D eigenvalue weighted by Gasteiger charge is 2.34. The van der Waals surface area contributed by atoms with Gasteiger partial charge >= 0.3 is 0 Å². The summed E-state index contributed by atoms with van der Waals surface area (Å²) in [7, 11) is -4.18. The fraction of sp³-hybridized carbons (Fsp3) is 0.257. The lowest BCUT2D eigenvalue weighted by Gasteiger charge is -2.34. The van der Waals surface area contributed by atoms with E-state index in [4.69, 9.17) is 11.6 Å². The van der Waals surface area contributed by atoms with E-state index in [-0.39, 0.29) is 35.4 Å². The minimum absolute atomic E-state index is 0.0471. The second kappa shape index (κ2) is 15.6. The normalized spacial score (nSPS) is 12.0. The molecule has 0 heterocycles. The fourth-order valence-electron chi connectivity index (χ4n) is 4.74. The monoisotopic (exact) mass is 709 g/mol. The summed E-state index contributed by atoms with van der Waals surface area (Å²) in [5.74, 6) is -0.636. The molecule has 0 saturated heterocycles. The summed E-state index contributed by atoms with van der Waals surface area (Å²) in [6, 6.07) is 28.8. The van der Waals surface area contributed by atoms with Crippen molar-refractivity contribution in [2.24, 2.45) is 5.92 Å². The third kappa shape index (κ3) is 9.42. The molecule has 4 aromatic rings. The first-order valence-corrected chi connectivity index (χ1v) is 17.3. The van der Waals surface area contributed by atoms with Gasteiger partial charge in [0.05, 0.1) is 10.6 Å². The average molecular weight is 711 g/mol. The summed E-state index contributed by atoms with van der Waals surface area (Å²) in [4.78, 5) is 29.8. The summed E-state index contributed by atoms with van der Waals surface area (Å²) in [6.45, 7) is 5.86. The summed E-state index contributed by atoms with van der Waals surface area (Å²) in [5.41, 5.74) is 2.85. The number of hydrogen-bond donors (Lipinski definition) is 1. The van der Waals surface area contributed by atoms with Gasteiger partial charge in [0.2, 0.25) is 11.8 Å². The fourth-order valence-corrected chi connectivity index (χ4v) is 6.54. The number of nitrogens with zero attached hydrogens (tertiary/aromatic N) is 2. The van der Waals surface area contributed by atoms with Crippen LogP contribution in [0.15, 0.2) is 112 Å². The Morgan fingerprint density at radius 2 is 1.47 bits per heavy atom. The van der Waals surface area contributed by atoms with Gasteiger partial charge in [0.1, 0.15) is 12.6 Å². The first-order valence-electron chi connectivity index (χ1n) is 14.6. The number of rotatable bonds is 13. The van der Waals surface area contributed by atoms with Gasteiger partial charge in [-0.25, -0.2) is 8.42 Å². The van der Waals surface area contributed by atoms with Gasteiger partial charge in [-0.1, -0.05) is 102 Å². The molecule has 45 heavy (non-hydrogen) atoms. The third-order valence-electron chi connectivity index (χ3n) is 7.22. The topological polar surface area (TPSA) is 86.8 Å². The molecule has 0 bridgehead atoms. The summed E-state index contributed by atoms with van der Waals surface area (Å²) in [5, 5.41) is 3.43. The predicted molar refractivity (Wildman–Crippen MR) is 184 cm³/mol. The maximum Gasteiger partial charge on any atom is 0.264 e. The molecule has 4 aromatic carbocycles. The van der Waals surface area contributed by atoms with Crippen molar-refractivity contribution < 1.29 is 18.0 Å². The van der Waals surface area contributed by atoms with Crippen LogP contribution < -0.4 is 9.62 Å². The standard InChI is InChI=1S/C35H37BrClN3O4S/c1-25(2)22-38-35(42)33(21-27-7-5-4-6-8-27)39(23-28-11-13-29(36)14-12-28)34(41)24-40(31-17-15-30(37)16-18-31)45(43,44)32-19-9-26(3)10-20-32/h4-20,25,33H,21-24H2,1-3H3,(H,38,42). The van der Waals surface area contributed by atoms with Crippen molar-refractivity contribution in [1.82, 2.24) is 10.2 Å². The van der Waals surface area contributed by atoms with Crippen LogP contribution in [-0.2, 0) is 32.6 Å². The minimum Gasteiger partial charge on any atom is -0.354 e. The summed E-state index contributed by atoms with van der Waals surface area (Å²) >= 11 is 9.59. The van der Waals surface area contributed by atoms with E-state index >= 15 is 0 Å². The van der Waals surface area contributed by atoms with E-state index in [2.05, 4.69) is 21.2 Å². The number of hydrogen-bond acceptors (Lipinski definition) is 4. The molecular formula is C35H37BrClN3O4S. The van der Waals surface area contributed by atoms with Gasteiger partial charge in [0.15, 0.2) is 0 Å². The van der Waals surface area contributed by atoms with Gasteiger partial charge in [-0.15, -0.1) is 0 Å². The first-order chi connectivity index (χ1) is 21.4. The molecule has 0 aliphatic rings. The molecule has 10 heteroatoms. The molecule has 0 aromatic heterocycles. The van der Waals surface area contributed by atoms with E-state index in [0.717, 1.165) is 25.5 Å². The molecule has 1 unspecified atom stereocenters. The van der Waals surface area contributed by atoms with E-state index in [1.165, 1.54) is 17.0 Å². The average Bonchev–Trinajstić information content (AvgIpc) is 3.02. The van der Waals surface area contributed by atoms with Crippen LogP contribution in [0.3, 0.4) is 0 Å². The SMILES string of the molecule is Cc1ccc(S(=O)(=O)N(CC(=O)N(Cc2ccc(Br)cc2)C(Cc2ccccc2)C(=O)NCC(C)C)c2ccc(Cl)cc2)cc1. The van der Waals surface area contributed by atoms with Crippen LogP contribution in [0, 0.1) is 12.8 Å². The highest BCUT2D eigenvalue weighted by molar-refractivity contribution is 9.10. The lowest BCUT2D eigenvalue weighted by Crippen LogP contribution is -2.53. The Morgan fingerprint density at radius 3 is 2.07 bits per heavy atom. The van der Waals surface area contributed by atoms with Gasteiger partial charge in [-0.2, -0.15) is 0 Å². The van der Waals surface area contributed by atoms with Crippen molar-refractivity contribution in [3.63, 3.8) is 0 Å². The van der Waals surface area contributed by atoms with Crippen molar-refractivity contribution in [2.75, 3.05) is 17.4 Å². The zero-order chi connectivity index (χ0) is 32.6. The molecule has 0 aliphatic heterocycles. The zero-order valence-corrected chi connectivity index (χ0v) is 28.6. The highest BCUT2D eigenvalue weighted by Crippen LogP contribution is 2.27. The van der Waals surface area contributed by atoms with Crippen LogP contribution >= 0.6 is 27.5 Å². The Bertz CT molecular complexity index is 1680. The van der Waals surface area contributed by atoms with Crippen molar-refractivity contribution in [2.45, 2.75) is 44.7 Å². The molecule has 1 N–H and O–H groups in total. The second-order valence-electron chi connectivity index (χ2n) is 11.3. The second-order valence-corrected chi connectivity index (χ2v) is 14.5. The molecule has 4 rings (SSSR count). The van der Waals surface area contributed by atoms with E-state index in [1.54, 1.807) is 36.4 Å². The quantitative estimate of drug-likeness (QED) is 0.162. The van der Waals surface area contributed by atoms with Gasteiger partial charge < -0.3 is 10.2 Å². The van der Waals surface area contributed by atoms with Crippen molar-refractivity contribution in [3.05, 3.63) is 129 Å². The molecule has 0 spiro atoms. The van der Waals surface area contributed by atoms with Crippen LogP contribution in [0.25, 0.3) is 0 Å². The Labute approximate surface area is 279 Å². The third-order valence-corrected chi connectivity index (χ3v) is 9.79. The van der Waals surface area contributed by atoms with Crippen LogP contribution in [0.1, 0.15) is 30.5 Å². The Morgan fingerprint density at radius 1 is 0.844 bits per heavy atom. The highest BCUT2D eigenvalue weighted by atomic mass is 79.9. The molecule has 2 amide bonds. The number of halogens is 2. The number of amides is 2. The van der Waals surface area contributed by atoms with Crippen LogP contribution in [0.2, 0.25) is 5.02 Å². The summed E-state index contributed by atoms with van der Waals surface area (Å²) in [6.07, 6.45) is 0.249. The Kier molecular flexibility index (Phi) is 11.8. The van der Waals surface area contributed by atoms with E-state index in [0.29, 0.717) is 11.6 Å². The lowest BCUT2D eigenvalue weighted by molar-refractivity contribution is -0.140. The number of benzene rings is 4. The van der Waals surface area contributed by atoms with Gasteiger partial charge in [-0.3, -0.25) is 13.9 Å². The zero-order valence-electron chi connectivity index (χ0n) is 25.5. The van der Waals surface area contributed by atoms with E-state index < -0.39 is 28.5 Å². The first kappa shape index (κ1) is 34.2. The largest absolute Gasteiger partial charge is 0.354 e. The number of anilines is 1. The van der Waals surface area contributed by atoms with Gasteiger partial charge in [-0.05, 0) is 72.5 Å². The molecule has 0 radical (unpaired) electrons. The molecule has 0 fully saturated rings. The molecule has 1 atom stereocenters. The molecule has 7 nitrogen and oxygen atoms in total. The Balaban J connectivity index is 1.79. The van der Waals surface area contributed by atoms with Gasteiger partial charge in [0, 0.05) is 29.0 Å². The Hall–Kier alpha value is -3.66. The predicted octanol–water partition coefficient (Wildman–Crippen LogP) is 7.02. The molecular weight excluding hydrogens is 674 g/mol. The molecule has 236 valence electrons. The van der Waals surface area contributed by atoms with Crippen molar-refractivity contribution >= 4 is 55.1 Å². The van der Waals surface area contributed by atoms with E-state index in [1.807, 2.05) is 75.4 Å². The number of carbonyl (C=O) groups is 2. The van der Waals surface area contributed by atoms with Gasteiger partial charge in [0.25, 0.3) is 10.0 Å². The smallest absolute Gasteiger partial charge is 0.264 e. The lowest BCUT2D eigenvalue weighted by atomic mass is 10.0. The van der Waals surface area contributed by atoms with E-state index in [9.17, 15) is 18.0 Å². The maximum atomic E-state index is 14.5. The minimum atomic E-state index is -4.18. The number of nitrogens with one attached hydrogen (secondary N) is 1. The van der Waals surface area contributed by atoms with Crippen LogP contribution in [0.5, 0.6) is 0 Å². The molecule has 0 aliphatic carbocycles. The number of sulfonamides is 1. The summed E-state index contributed by atoms with van der Waals surface area (Å²) < 4.78 is 30.1. The van der Waals surface area contributed by atoms with Crippen molar-refractivity contribution in [3.8, 4) is 0 Å². The number of aryl methyl sites for hydroxylation is 1. The maximum absolute atomic E-state index is 14.5. The van der Waals surface area contributed by atoms with Crippen LogP contribution in [-0.4, -0.2) is 44.3 Å².